The van der Waals surface area contributed by atoms with Crippen molar-refractivity contribution in [3.8, 4) is 0 Å². The highest BCUT2D eigenvalue weighted by atomic mass is 16.6. The Hall–Kier alpha value is -1.46. The Balaban J connectivity index is 2.31. The molecule has 1 unspecified atom stereocenters. The number of nitrogens with zero attached hydrogens (tertiary/aromatic N) is 1. The first kappa shape index (κ1) is 13.6. The molecule has 0 aliphatic heterocycles. The van der Waals surface area contributed by atoms with Crippen molar-refractivity contribution in [1.29, 1.82) is 0 Å². The number of benzene rings is 1. The van der Waals surface area contributed by atoms with Crippen LogP contribution in [-0.4, -0.2) is 22.7 Å². The quantitative estimate of drug-likeness (QED) is 0.432. The molecule has 1 atom stereocenters. The van der Waals surface area contributed by atoms with E-state index in [9.17, 15) is 10.1 Å². The molecule has 0 aliphatic rings. The maximum absolute atomic E-state index is 10.6. The van der Waals surface area contributed by atoms with Gasteiger partial charge < -0.3 is 10.4 Å². The van der Waals surface area contributed by atoms with Gasteiger partial charge in [0.2, 0.25) is 0 Å². The molecule has 0 heterocycles. The minimum Gasteiger partial charge on any atom is -0.393 e. The van der Waals surface area contributed by atoms with E-state index in [1.54, 1.807) is 19.1 Å². The summed E-state index contributed by atoms with van der Waals surface area (Å²) in [5.41, 5.74) is 1.02. The van der Waals surface area contributed by atoms with Gasteiger partial charge in [0.15, 0.2) is 0 Å². The van der Waals surface area contributed by atoms with E-state index in [0.717, 1.165) is 24.9 Å². The topological polar surface area (TPSA) is 75.4 Å². The Morgan fingerprint density at radius 3 is 2.94 bits per heavy atom. The summed E-state index contributed by atoms with van der Waals surface area (Å²) < 4.78 is 0. The minimum atomic E-state index is -0.392. The van der Waals surface area contributed by atoms with Crippen molar-refractivity contribution in [2.45, 2.75) is 32.4 Å². The van der Waals surface area contributed by atoms with Gasteiger partial charge in [-0.05, 0) is 31.9 Å². The second-order valence-electron chi connectivity index (χ2n) is 4.10. The molecule has 0 fully saturated rings. The molecule has 0 aromatic heterocycles. The van der Waals surface area contributed by atoms with Crippen LogP contribution in [-0.2, 0) is 6.54 Å². The molecule has 0 aliphatic carbocycles. The Labute approximate surface area is 101 Å². The first-order valence-corrected chi connectivity index (χ1v) is 5.71. The summed E-state index contributed by atoms with van der Waals surface area (Å²) in [7, 11) is 0. The van der Waals surface area contributed by atoms with Gasteiger partial charge in [0.05, 0.1) is 11.0 Å². The second kappa shape index (κ2) is 6.98. The monoisotopic (exact) mass is 238 g/mol. The molecular weight excluding hydrogens is 220 g/mol. The number of aliphatic hydroxyl groups excluding tert-OH is 1. The second-order valence-corrected chi connectivity index (χ2v) is 4.10. The summed E-state index contributed by atoms with van der Waals surface area (Å²) in [6.07, 6.45) is 1.39. The number of hydrogen-bond acceptors (Lipinski definition) is 4. The fourth-order valence-electron chi connectivity index (χ4n) is 1.54. The summed E-state index contributed by atoms with van der Waals surface area (Å²) in [5.74, 6) is 0. The van der Waals surface area contributed by atoms with Gasteiger partial charge in [-0.15, -0.1) is 0 Å². The van der Waals surface area contributed by atoms with Crippen LogP contribution in [0.4, 0.5) is 5.69 Å². The molecule has 0 spiro atoms. The zero-order valence-corrected chi connectivity index (χ0v) is 9.93. The Kier molecular flexibility index (Phi) is 5.59. The lowest BCUT2D eigenvalue weighted by atomic mass is 10.2. The normalized spacial score (nSPS) is 12.4. The van der Waals surface area contributed by atoms with Gasteiger partial charge >= 0.3 is 0 Å². The van der Waals surface area contributed by atoms with Gasteiger partial charge in [-0.1, -0.05) is 12.1 Å². The van der Waals surface area contributed by atoms with E-state index in [2.05, 4.69) is 5.32 Å². The van der Waals surface area contributed by atoms with Crippen molar-refractivity contribution in [3.05, 3.63) is 39.9 Å². The zero-order valence-electron chi connectivity index (χ0n) is 9.93. The highest BCUT2D eigenvalue weighted by molar-refractivity contribution is 5.34. The predicted molar refractivity (Wildman–Crippen MR) is 65.7 cm³/mol. The number of nitro benzene ring substituents is 1. The molecule has 94 valence electrons. The van der Waals surface area contributed by atoms with Crippen molar-refractivity contribution in [3.63, 3.8) is 0 Å². The van der Waals surface area contributed by atoms with Gasteiger partial charge in [-0.25, -0.2) is 0 Å². The minimum absolute atomic E-state index is 0.119. The molecule has 0 radical (unpaired) electrons. The Bertz CT molecular complexity index is 367. The third-order valence-electron chi connectivity index (χ3n) is 2.43. The third kappa shape index (κ3) is 5.42. The number of hydrogen-bond donors (Lipinski definition) is 2. The number of rotatable bonds is 7. The fourth-order valence-corrected chi connectivity index (χ4v) is 1.54. The average molecular weight is 238 g/mol. The molecule has 1 aromatic carbocycles. The van der Waals surface area contributed by atoms with E-state index in [4.69, 9.17) is 5.11 Å². The highest BCUT2D eigenvalue weighted by Gasteiger charge is 2.04. The number of nitro groups is 1. The van der Waals surface area contributed by atoms with Crippen LogP contribution in [0, 0.1) is 10.1 Å². The maximum Gasteiger partial charge on any atom is 0.269 e. The van der Waals surface area contributed by atoms with Crippen LogP contribution >= 0.6 is 0 Å². The van der Waals surface area contributed by atoms with E-state index < -0.39 is 4.92 Å². The maximum atomic E-state index is 10.6. The molecule has 0 bridgehead atoms. The van der Waals surface area contributed by atoms with Crippen LogP contribution < -0.4 is 5.32 Å². The smallest absolute Gasteiger partial charge is 0.269 e. The van der Waals surface area contributed by atoms with E-state index >= 15 is 0 Å². The number of non-ortho nitro benzene ring substituents is 1. The van der Waals surface area contributed by atoms with Crippen molar-refractivity contribution in [2.24, 2.45) is 0 Å². The Morgan fingerprint density at radius 1 is 1.53 bits per heavy atom. The molecule has 1 rings (SSSR count). The SMILES string of the molecule is CC(O)CCCNCc1cccc([N+](=O)[O-])c1. The summed E-state index contributed by atoms with van der Waals surface area (Å²) in [6.45, 7) is 3.18. The molecule has 1 aromatic rings. The van der Waals surface area contributed by atoms with Crippen LogP contribution in [0.15, 0.2) is 24.3 Å². The van der Waals surface area contributed by atoms with Gasteiger partial charge in [-0.3, -0.25) is 10.1 Å². The van der Waals surface area contributed by atoms with Crippen LogP contribution in [0.3, 0.4) is 0 Å². The molecule has 17 heavy (non-hydrogen) atoms. The molecular formula is C12H18N2O3. The van der Waals surface area contributed by atoms with Crippen molar-refractivity contribution in [2.75, 3.05) is 6.54 Å². The van der Waals surface area contributed by atoms with E-state index in [0.29, 0.717) is 6.54 Å². The molecule has 2 N–H and O–H groups in total. The molecule has 5 nitrogen and oxygen atoms in total. The van der Waals surface area contributed by atoms with E-state index in [1.165, 1.54) is 6.07 Å². The summed E-state index contributed by atoms with van der Waals surface area (Å²) >= 11 is 0. The lowest BCUT2D eigenvalue weighted by Gasteiger charge is -2.06. The van der Waals surface area contributed by atoms with Crippen LogP contribution in [0.25, 0.3) is 0 Å². The number of nitrogens with one attached hydrogen (secondary N) is 1. The molecule has 5 heteroatoms. The van der Waals surface area contributed by atoms with Crippen LogP contribution in [0.1, 0.15) is 25.3 Å². The van der Waals surface area contributed by atoms with Gasteiger partial charge in [-0.2, -0.15) is 0 Å². The molecule has 0 saturated heterocycles. The standard InChI is InChI=1S/C12H18N2O3/c1-10(15)4-3-7-13-9-11-5-2-6-12(8-11)14(16)17/h2,5-6,8,10,13,15H,3-4,7,9H2,1H3. The largest absolute Gasteiger partial charge is 0.393 e. The van der Waals surface area contributed by atoms with Crippen molar-refractivity contribution < 1.29 is 10.0 Å². The lowest BCUT2D eigenvalue weighted by molar-refractivity contribution is -0.384. The average Bonchev–Trinajstić information content (AvgIpc) is 2.28. The summed E-state index contributed by atoms with van der Waals surface area (Å²) in [4.78, 5) is 10.2. The highest BCUT2D eigenvalue weighted by Crippen LogP contribution is 2.12. The first-order valence-electron chi connectivity index (χ1n) is 5.71. The fraction of sp³-hybridized carbons (Fsp3) is 0.500. The van der Waals surface area contributed by atoms with Gasteiger partial charge in [0, 0.05) is 18.7 Å². The lowest BCUT2D eigenvalue weighted by Crippen LogP contribution is -2.16. The van der Waals surface area contributed by atoms with Crippen molar-refractivity contribution in [1.82, 2.24) is 5.32 Å². The van der Waals surface area contributed by atoms with Crippen molar-refractivity contribution >= 4 is 5.69 Å². The predicted octanol–water partition coefficient (Wildman–Crippen LogP) is 1.85. The van der Waals surface area contributed by atoms with Gasteiger partial charge in [0.1, 0.15) is 0 Å². The molecule has 0 amide bonds. The van der Waals surface area contributed by atoms with E-state index in [-0.39, 0.29) is 11.8 Å². The van der Waals surface area contributed by atoms with Gasteiger partial charge in [0.25, 0.3) is 5.69 Å². The van der Waals surface area contributed by atoms with Crippen LogP contribution in [0.2, 0.25) is 0 Å². The first-order chi connectivity index (χ1) is 8.09. The van der Waals surface area contributed by atoms with E-state index in [1.807, 2.05) is 6.07 Å². The third-order valence-corrected chi connectivity index (χ3v) is 2.43. The summed E-state index contributed by atoms with van der Waals surface area (Å²) in [5, 5.41) is 22.8. The summed E-state index contributed by atoms with van der Waals surface area (Å²) in [6, 6.07) is 6.60. The Morgan fingerprint density at radius 2 is 2.29 bits per heavy atom. The molecule has 0 saturated carbocycles. The zero-order chi connectivity index (χ0) is 12.7. The number of aliphatic hydroxyl groups is 1. The van der Waals surface area contributed by atoms with Crippen LogP contribution in [0.5, 0.6) is 0 Å².